The molecular formula is C8H13NO3S. The van der Waals surface area contributed by atoms with E-state index >= 15 is 0 Å². The van der Waals surface area contributed by atoms with Crippen molar-refractivity contribution in [3.63, 3.8) is 0 Å². The number of methoxy groups -OCH3 is 1. The zero-order valence-corrected chi connectivity index (χ0v) is 8.34. The summed E-state index contributed by atoms with van der Waals surface area (Å²) >= 11 is 1.50. The van der Waals surface area contributed by atoms with Gasteiger partial charge in [0.05, 0.1) is 32.1 Å². The van der Waals surface area contributed by atoms with Crippen LogP contribution in [0.4, 0.5) is 0 Å². The smallest absolute Gasteiger partial charge is 0.119 e. The Kier molecular flexibility index (Phi) is 4.92. The third kappa shape index (κ3) is 3.82. The Morgan fingerprint density at radius 3 is 3.00 bits per heavy atom. The molecule has 0 saturated carbocycles. The predicted molar refractivity (Wildman–Crippen MR) is 49.6 cm³/mol. The monoisotopic (exact) mass is 203 g/mol. The van der Waals surface area contributed by atoms with Crippen LogP contribution in [0.3, 0.4) is 0 Å². The van der Waals surface area contributed by atoms with Crippen LogP contribution in [-0.2, 0) is 22.7 Å². The summed E-state index contributed by atoms with van der Waals surface area (Å²) in [6, 6.07) is 0. The minimum absolute atomic E-state index is 0.00539. The summed E-state index contributed by atoms with van der Waals surface area (Å²) < 4.78 is 10.1. The summed E-state index contributed by atoms with van der Waals surface area (Å²) in [6.45, 7) is 1.66. The molecule has 0 aliphatic heterocycles. The second kappa shape index (κ2) is 6.04. The lowest BCUT2D eigenvalue weighted by atomic mass is 10.5. The fraction of sp³-hybridized carbons (Fsp3) is 0.625. The van der Waals surface area contributed by atoms with Gasteiger partial charge in [-0.2, -0.15) is 0 Å². The number of hydrogen-bond acceptors (Lipinski definition) is 5. The van der Waals surface area contributed by atoms with Crippen LogP contribution in [0.25, 0.3) is 0 Å². The van der Waals surface area contributed by atoms with Gasteiger partial charge in [-0.15, -0.1) is 11.3 Å². The second-order valence-corrected chi connectivity index (χ2v) is 3.38. The van der Waals surface area contributed by atoms with Crippen LogP contribution in [0.15, 0.2) is 5.38 Å². The molecule has 0 atom stereocenters. The second-order valence-electron chi connectivity index (χ2n) is 2.44. The van der Waals surface area contributed by atoms with E-state index in [1.165, 1.54) is 11.3 Å². The SMILES string of the molecule is COCCOCc1nc(CO)cs1. The topological polar surface area (TPSA) is 51.6 Å². The van der Waals surface area contributed by atoms with Crippen molar-refractivity contribution in [2.24, 2.45) is 0 Å². The first-order chi connectivity index (χ1) is 6.36. The summed E-state index contributed by atoms with van der Waals surface area (Å²) in [7, 11) is 1.64. The average molecular weight is 203 g/mol. The lowest BCUT2D eigenvalue weighted by Gasteiger charge is -1.99. The molecule has 0 radical (unpaired) electrons. The number of ether oxygens (including phenoxy) is 2. The van der Waals surface area contributed by atoms with E-state index in [2.05, 4.69) is 4.98 Å². The van der Waals surface area contributed by atoms with E-state index in [9.17, 15) is 0 Å². The first-order valence-corrected chi connectivity index (χ1v) is 4.85. The standard InChI is InChI=1S/C8H13NO3S/c1-11-2-3-12-5-8-9-7(4-10)6-13-8/h6,10H,2-5H2,1H3. The zero-order valence-electron chi connectivity index (χ0n) is 7.52. The van der Waals surface area contributed by atoms with Gasteiger partial charge in [0, 0.05) is 12.5 Å². The van der Waals surface area contributed by atoms with Crippen molar-refractivity contribution in [3.05, 3.63) is 16.1 Å². The van der Waals surface area contributed by atoms with Crippen LogP contribution < -0.4 is 0 Å². The largest absolute Gasteiger partial charge is 0.390 e. The maximum Gasteiger partial charge on any atom is 0.119 e. The fourth-order valence-electron chi connectivity index (χ4n) is 0.790. The van der Waals surface area contributed by atoms with Gasteiger partial charge < -0.3 is 14.6 Å². The molecule has 0 unspecified atom stereocenters. The molecule has 0 fully saturated rings. The third-order valence-corrected chi connectivity index (χ3v) is 2.29. The quantitative estimate of drug-likeness (QED) is 0.695. The minimum atomic E-state index is -0.00539. The number of rotatable bonds is 6. The highest BCUT2D eigenvalue weighted by atomic mass is 32.1. The fourth-order valence-corrected chi connectivity index (χ4v) is 1.51. The highest BCUT2D eigenvalue weighted by Crippen LogP contribution is 2.10. The van der Waals surface area contributed by atoms with Gasteiger partial charge in [0.1, 0.15) is 5.01 Å². The van der Waals surface area contributed by atoms with Gasteiger partial charge in [-0.1, -0.05) is 0 Å². The van der Waals surface area contributed by atoms with E-state index in [1.54, 1.807) is 7.11 Å². The molecule has 1 heterocycles. The Morgan fingerprint density at radius 1 is 1.54 bits per heavy atom. The van der Waals surface area contributed by atoms with E-state index in [1.807, 2.05) is 5.38 Å². The number of aromatic nitrogens is 1. The molecule has 0 aliphatic rings. The molecule has 1 rings (SSSR count). The van der Waals surface area contributed by atoms with Crippen molar-refractivity contribution >= 4 is 11.3 Å². The number of hydrogen-bond donors (Lipinski definition) is 1. The number of aliphatic hydroxyl groups is 1. The van der Waals surface area contributed by atoms with Crippen LogP contribution >= 0.6 is 11.3 Å². The van der Waals surface area contributed by atoms with Gasteiger partial charge in [-0.25, -0.2) is 4.98 Å². The molecule has 5 heteroatoms. The summed E-state index contributed by atoms with van der Waals surface area (Å²) in [5, 5.41) is 11.5. The molecule has 1 aromatic heterocycles. The zero-order chi connectivity index (χ0) is 9.52. The maximum absolute atomic E-state index is 8.74. The van der Waals surface area contributed by atoms with Gasteiger partial charge >= 0.3 is 0 Å². The van der Waals surface area contributed by atoms with Crippen molar-refractivity contribution in [1.29, 1.82) is 0 Å². The Balaban J connectivity index is 2.20. The van der Waals surface area contributed by atoms with E-state index in [-0.39, 0.29) is 6.61 Å². The van der Waals surface area contributed by atoms with E-state index in [0.717, 1.165) is 5.01 Å². The number of thiazole rings is 1. The number of nitrogens with zero attached hydrogens (tertiary/aromatic N) is 1. The van der Waals surface area contributed by atoms with Crippen LogP contribution in [0.2, 0.25) is 0 Å². The van der Waals surface area contributed by atoms with E-state index in [0.29, 0.717) is 25.5 Å². The van der Waals surface area contributed by atoms with Crippen molar-refractivity contribution in [2.75, 3.05) is 20.3 Å². The minimum Gasteiger partial charge on any atom is -0.390 e. The lowest BCUT2D eigenvalue weighted by molar-refractivity contribution is 0.0614. The molecule has 0 saturated heterocycles. The molecule has 0 amide bonds. The first-order valence-electron chi connectivity index (χ1n) is 3.97. The normalized spacial score (nSPS) is 10.6. The Labute approximate surface area is 81.1 Å². The molecule has 74 valence electrons. The third-order valence-electron chi connectivity index (χ3n) is 1.42. The van der Waals surface area contributed by atoms with Crippen molar-refractivity contribution in [2.45, 2.75) is 13.2 Å². The average Bonchev–Trinajstić information content (AvgIpc) is 2.60. The molecule has 0 bridgehead atoms. The Bertz CT molecular complexity index is 239. The van der Waals surface area contributed by atoms with E-state index < -0.39 is 0 Å². The van der Waals surface area contributed by atoms with Gasteiger partial charge in [-0.05, 0) is 0 Å². The molecule has 0 aromatic carbocycles. The molecule has 1 N–H and O–H groups in total. The molecule has 0 spiro atoms. The van der Waals surface area contributed by atoms with Crippen LogP contribution in [-0.4, -0.2) is 30.4 Å². The van der Waals surface area contributed by atoms with Crippen molar-refractivity contribution in [3.8, 4) is 0 Å². The summed E-state index contributed by atoms with van der Waals surface area (Å²) in [4.78, 5) is 4.13. The summed E-state index contributed by atoms with van der Waals surface area (Å²) in [6.07, 6.45) is 0. The van der Waals surface area contributed by atoms with E-state index in [4.69, 9.17) is 14.6 Å². The molecule has 1 aromatic rings. The van der Waals surface area contributed by atoms with Crippen LogP contribution in [0.5, 0.6) is 0 Å². The van der Waals surface area contributed by atoms with Crippen LogP contribution in [0.1, 0.15) is 10.7 Å². The molecular weight excluding hydrogens is 190 g/mol. The summed E-state index contributed by atoms with van der Waals surface area (Å²) in [5.41, 5.74) is 0.704. The predicted octanol–water partition coefficient (Wildman–Crippen LogP) is 0.798. The Morgan fingerprint density at radius 2 is 2.38 bits per heavy atom. The van der Waals surface area contributed by atoms with Crippen molar-refractivity contribution < 1.29 is 14.6 Å². The van der Waals surface area contributed by atoms with Gasteiger partial charge in [0.25, 0.3) is 0 Å². The number of aliphatic hydroxyl groups excluding tert-OH is 1. The molecule has 13 heavy (non-hydrogen) atoms. The van der Waals surface area contributed by atoms with Gasteiger partial charge in [0.15, 0.2) is 0 Å². The summed E-state index contributed by atoms with van der Waals surface area (Å²) in [5.74, 6) is 0. The van der Waals surface area contributed by atoms with Gasteiger partial charge in [-0.3, -0.25) is 0 Å². The van der Waals surface area contributed by atoms with Gasteiger partial charge in [0.2, 0.25) is 0 Å². The highest BCUT2D eigenvalue weighted by Gasteiger charge is 2.00. The maximum atomic E-state index is 8.74. The van der Waals surface area contributed by atoms with Crippen LogP contribution in [0, 0.1) is 0 Å². The molecule has 4 nitrogen and oxygen atoms in total. The van der Waals surface area contributed by atoms with Crippen molar-refractivity contribution in [1.82, 2.24) is 4.98 Å². The Hall–Kier alpha value is -0.490. The molecule has 0 aliphatic carbocycles. The lowest BCUT2D eigenvalue weighted by Crippen LogP contribution is -2.01. The first kappa shape index (κ1) is 10.6. The highest BCUT2D eigenvalue weighted by molar-refractivity contribution is 7.09.